The van der Waals surface area contributed by atoms with E-state index >= 15 is 0 Å². The minimum Gasteiger partial charge on any atom is -0.355 e. The molecule has 6 heteroatoms. The van der Waals surface area contributed by atoms with Crippen LogP contribution in [0.4, 0.5) is 4.39 Å². The van der Waals surface area contributed by atoms with Gasteiger partial charge in [0.05, 0.1) is 17.1 Å². The van der Waals surface area contributed by atoms with E-state index in [2.05, 4.69) is 22.5 Å². The Morgan fingerprint density at radius 2 is 2.04 bits per heavy atom. The minimum absolute atomic E-state index is 0.0263. The third-order valence-electron chi connectivity index (χ3n) is 4.73. The Bertz CT molecular complexity index is 708. The quantitative estimate of drug-likeness (QED) is 0.832. The number of hydrogen-bond acceptors (Lipinski definition) is 4. The lowest BCUT2D eigenvalue weighted by Crippen LogP contribution is -2.43. The van der Waals surface area contributed by atoms with Crippen molar-refractivity contribution in [2.24, 2.45) is 5.41 Å². The van der Waals surface area contributed by atoms with Gasteiger partial charge >= 0.3 is 0 Å². The summed E-state index contributed by atoms with van der Waals surface area (Å²) in [6.45, 7) is 4.99. The standard InChI is InChI=1S/C19H24FN3OS/c1-19(6-8-21-9-7-19)13-22-17(24)11-16-12-25-18(23-16)10-14-2-4-15(20)5-3-14/h2-5,12,21H,6-11,13H2,1H3,(H,22,24). The van der Waals surface area contributed by atoms with Gasteiger partial charge in [-0.25, -0.2) is 9.37 Å². The van der Waals surface area contributed by atoms with Gasteiger partial charge in [-0.1, -0.05) is 19.1 Å². The van der Waals surface area contributed by atoms with Gasteiger partial charge < -0.3 is 10.6 Å². The second-order valence-corrected chi connectivity index (χ2v) is 7.99. The molecule has 0 bridgehead atoms. The van der Waals surface area contributed by atoms with E-state index in [9.17, 15) is 9.18 Å². The number of benzene rings is 1. The first-order valence-electron chi connectivity index (χ1n) is 8.68. The number of rotatable bonds is 6. The van der Waals surface area contributed by atoms with Crippen LogP contribution >= 0.6 is 11.3 Å². The lowest BCUT2D eigenvalue weighted by Gasteiger charge is -2.34. The monoisotopic (exact) mass is 361 g/mol. The molecule has 1 aliphatic rings. The number of carbonyl (C=O) groups excluding carboxylic acids is 1. The topological polar surface area (TPSA) is 54.0 Å². The highest BCUT2D eigenvalue weighted by atomic mass is 32.1. The SMILES string of the molecule is CC1(CNC(=O)Cc2csc(Cc3ccc(F)cc3)n2)CCNCC1. The maximum atomic E-state index is 12.9. The highest BCUT2D eigenvalue weighted by Crippen LogP contribution is 2.26. The zero-order valence-corrected chi connectivity index (χ0v) is 15.3. The minimum atomic E-state index is -0.234. The van der Waals surface area contributed by atoms with E-state index in [0.717, 1.165) is 48.7 Å². The van der Waals surface area contributed by atoms with Crippen LogP contribution < -0.4 is 10.6 Å². The molecule has 2 N–H and O–H groups in total. The van der Waals surface area contributed by atoms with Gasteiger partial charge in [-0.2, -0.15) is 0 Å². The first-order valence-corrected chi connectivity index (χ1v) is 9.56. The van der Waals surface area contributed by atoms with Gasteiger partial charge in [0.2, 0.25) is 5.91 Å². The summed E-state index contributed by atoms with van der Waals surface area (Å²) in [6.07, 6.45) is 3.16. The summed E-state index contributed by atoms with van der Waals surface area (Å²) in [5, 5.41) is 9.29. The molecule has 0 saturated carbocycles. The zero-order valence-electron chi connectivity index (χ0n) is 14.5. The number of piperidine rings is 1. The predicted molar refractivity (Wildman–Crippen MR) is 98.2 cm³/mol. The van der Waals surface area contributed by atoms with Crippen molar-refractivity contribution >= 4 is 17.2 Å². The van der Waals surface area contributed by atoms with E-state index in [1.54, 1.807) is 23.5 Å². The summed E-state index contributed by atoms with van der Waals surface area (Å²) in [7, 11) is 0. The predicted octanol–water partition coefficient (Wildman–Crippen LogP) is 2.92. The third-order valence-corrected chi connectivity index (χ3v) is 5.63. The molecule has 25 heavy (non-hydrogen) atoms. The molecule has 1 amide bonds. The Kier molecular flexibility index (Phi) is 5.81. The molecule has 2 aromatic rings. The molecule has 1 saturated heterocycles. The first-order chi connectivity index (χ1) is 12.0. The largest absolute Gasteiger partial charge is 0.355 e. The van der Waals surface area contributed by atoms with Crippen molar-refractivity contribution in [3.05, 3.63) is 51.7 Å². The Morgan fingerprint density at radius 1 is 1.32 bits per heavy atom. The molecule has 0 atom stereocenters. The summed E-state index contributed by atoms with van der Waals surface area (Å²) in [5.74, 6) is -0.207. The maximum Gasteiger partial charge on any atom is 0.226 e. The number of aromatic nitrogens is 1. The van der Waals surface area contributed by atoms with Crippen LogP contribution in [0.15, 0.2) is 29.6 Å². The molecule has 0 spiro atoms. The van der Waals surface area contributed by atoms with Crippen LogP contribution in [0.25, 0.3) is 0 Å². The average Bonchev–Trinajstić information content (AvgIpc) is 3.03. The van der Waals surface area contributed by atoms with Gasteiger partial charge in [0.25, 0.3) is 0 Å². The van der Waals surface area contributed by atoms with E-state index in [0.29, 0.717) is 12.8 Å². The van der Waals surface area contributed by atoms with Gasteiger partial charge in [-0.3, -0.25) is 4.79 Å². The van der Waals surface area contributed by atoms with Gasteiger partial charge in [0.1, 0.15) is 5.82 Å². The molecule has 1 fully saturated rings. The molecule has 4 nitrogen and oxygen atoms in total. The molecule has 3 rings (SSSR count). The van der Waals surface area contributed by atoms with Crippen LogP contribution in [-0.4, -0.2) is 30.5 Å². The van der Waals surface area contributed by atoms with Gasteiger partial charge in [-0.15, -0.1) is 11.3 Å². The highest BCUT2D eigenvalue weighted by Gasteiger charge is 2.27. The lowest BCUT2D eigenvalue weighted by atomic mass is 9.81. The highest BCUT2D eigenvalue weighted by molar-refractivity contribution is 7.09. The fourth-order valence-corrected chi connectivity index (χ4v) is 3.86. The number of thiazole rings is 1. The molecule has 0 radical (unpaired) electrons. The Balaban J connectivity index is 1.48. The summed E-state index contributed by atoms with van der Waals surface area (Å²) >= 11 is 1.54. The Hall–Kier alpha value is -1.79. The molecule has 1 aliphatic heterocycles. The number of amides is 1. The number of halogens is 1. The fraction of sp³-hybridized carbons (Fsp3) is 0.474. The Morgan fingerprint density at radius 3 is 2.76 bits per heavy atom. The molecule has 1 aromatic carbocycles. The van der Waals surface area contributed by atoms with Crippen molar-refractivity contribution in [1.82, 2.24) is 15.6 Å². The maximum absolute atomic E-state index is 12.9. The van der Waals surface area contributed by atoms with Crippen LogP contribution in [-0.2, 0) is 17.6 Å². The smallest absolute Gasteiger partial charge is 0.226 e. The summed E-state index contributed by atoms with van der Waals surface area (Å²) < 4.78 is 12.9. The van der Waals surface area contributed by atoms with Crippen molar-refractivity contribution in [3.8, 4) is 0 Å². The number of carbonyl (C=O) groups is 1. The van der Waals surface area contributed by atoms with Crippen LogP contribution in [0, 0.1) is 11.2 Å². The van der Waals surface area contributed by atoms with E-state index in [4.69, 9.17) is 0 Å². The molecular formula is C19H24FN3OS. The number of hydrogen-bond donors (Lipinski definition) is 2. The molecular weight excluding hydrogens is 337 g/mol. The van der Waals surface area contributed by atoms with E-state index in [1.807, 2.05) is 5.38 Å². The number of nitrogens with zero attached hydrogens (tertiary/aromatic N) is 1. The van der Waals surface area contributed by atoms with Gasteiger partial charge in [0.15, 0.2) is 0 Å². The van der Waals surface area contributed by atoms with E-state index in [-0.39, 0.29) is 17.1 Å². The number of nitrogens with one attached hydrogen (secondary N) is 2. The summed E-state index contributed by atoms with van der Waals surface area (Å²) in [6, 6.07) is 6.45. The average molecular weight is 361 g/mol. The summed E-state index contributed by atoms with van der Waals surface area (Å²) in [5.41, 5.74) is 2.01. The molecule has 0 unspecified atom stereocenters. The summed E-state index contributed by atoms with van der Waals surface area (Å²) in [4.78, 5) is 16.7. The van der Waals surface area contributed by atoms with Crippen LogP contribution in [0.2, 0.25) is 0 Å². The van der Waals surface area contributed by atoms with Crippen molar-refractivity contribution in [3.63, 3.8) is 0 Å². The van der Waals surface area contributed by atoms with E-state index < -0.39 is 0 Å². The van der Waals surface area contributed by atoms with Crippen LogP contribution in [0.5, 0.6) is 0 Å². The third kappa shape index (κ3) is 5.34. The van der Waals surface area contributed by atoms with Crippen molar-refractivity contribution in [2.75, 3.05) is 19.6 Å². The van der Waals surface area contributed by atoms with E-state index in [1.165, 1.54) is 12.1 Å². The Labute approximate surface area is 151 Å². The van der Waals surface area contributed by atoms with Crippen molar-refractivity contribution in [2.45, 2.75) is 32.6 Å². The molecule has 1 aromatic heterocycles. The molecule has 2 heterocycles. The van der Waals surface area contributed by atoms with Crippen molar-refractivity contribution < 1.29 is 9.18 Å². The second-order valence-electron chi connectivity index (χ2n) is 7.05. The second kappa shape index (κ2) is 8.06. The van der Waals surface area contributed by atoms with Gasteiger partial charge in [0, 0.05) is 18.3 Å². The van der Waals surface area contributed by atoms with Crippen molar-refractivity contribution in [1.29, 1.82) is 0 Å². The molecule has 0 aliphatic carbocycles. The van der Waals surface area contributed by atoms with Crippen LogP contribution in [0.3, 0.4) is 0 Å². The fourth-order valence-electron chi connectivity index (χ4n) is 3.03. The zero-order chi connectivity index (χ0) is 17.7. The normalized spacial score (nSPS) is 16.6. The molecule has 134 valence electrons. The lowest BCUT2D eigenvalue weighted by molar-refractivity contribution is -0.121. The van der Waals surface area contributed by atoms with Crippen LogP contribution in [0.1, 0.15) is 36.0 Å². The first kappa shape index (κ1) is 18.0. The van der Waals surface area contributed by atoms with Gasteiger partial charge in [-0.05, 0) is 49.0 Å².